The third kappa shape index (κ3) is 3.27. The first kappa shape index (κ1) is 18.6. The highest BCUT2D eigenvalue weighted by molar-refractivity contribution is 7.90. The van der Waals surface area contributed by atoms with Gasteiger partial charge in [0.25, 0.3) is 0 Å². The average molecular weight is 395 g/mol. The highest BCUT2D eigenvalue weighted by Crippen LogP contribution is 2.42. The number of hydrogen-bond acceptors (Lipinski definition) is 4. The topological polar surface area (TPSA) is 60.4 Å². The van der Waals surface area contributed by atoms with Crippen LogP contribution in [0.3, 0.4) is 0 Å². The predicted molar refractivity (Wildman–Crippen MR) is 97.9 cm³/mol. The summed E-state index contributed by atoms with van der Waals surface area (Å²) >= 11 is 6.12. The summed E-state index contributed by atoms with van der Waals surface area (Å²) in [4.78, 5) is 12.8. The van der Waals surface area contributed by atoms with E-state index in [2.05, 4.69) is 0 Å². The quantitative estimate of drug-likeness (QED) is 0.785. The molecule has 7 heteroatoms. The van der Waals surface area contributed by atoms with Gasteiger partial charge < -0.3 is 4.74 Å². The molecule has 0 fully saturated rings. The number of benzene rings is 2. The smallest absolute Gasteiger partial charge is 0.210 e. The Morgan fingerprint density at radius 1 is 1.04 bits per heavy atom. The number of hydrogen-bond donors (Lipinski definition) is 0. The molecule has 0 saturated heterocycles. The Morgan fingerprint density at radius 3 is 2.15 bits per heavy atom. The Bertz CT molecular complexity index is 1040. The van der Waals surface area contributed by atoms with E-state index in [4.69, 9.17) is 16.3 Å². The number of Topliss-reactive ketones (excluding diaryl/α,β-unsaturated/α-hetero) is 1. The summed E-state index contributed by atoms with van der Waals surface area (Å²) in [5.74, 6) is -0.377. The first-order valence-electron chi connectivity index (χ1n) is 7.75. The Labute approximate surface area is 156 Å². The van der Waals surface area contributed by atoms with Gasteiger partial charge >= 0.3 is 0 Å². The molecule has 0 aromatic heterocycles. The maximum Gasteiger partial charge on any atom is 0.210 e. The molecule has 0 spiro atoms. The molecule has 2 aromatic carbocycles. The fourth-order valence-corrected chi connectivity index (χ4v) is 4.11. The molecule has 0 amide bonds. The second-order valence-electron chi connectivity index (χ2n) is 6.57. The zero-order chi connectivity index (χ0) is 19.3. The fourth-order valence-electron chi connectivity index (χ4n) is 2.78. The van der Waals surface area contributed by atoms with Crippen LogP contribution in [0.15, 0.2) is 47.4 Å². The average Bonchev–Trinajstić information content (AvgIpc) is 2.77. The van der Waals surface area contributed by atoms with Crippen LogP contribution in [0.25, 0.3) is 11.3 Å². The van der Waals surface area contributed by atoms with Crippen LogP contribution in [-0.4, -0.2) is 26.1 Å². The third-order valence-corrected chi connectivity index (χ3v) is 5.66. The minimum atomic E-state index is -3.48. The zero-order valence-electron chi connectivity index (χ0n) is 14.3. The van der Waals surface area contributed by atoms with Crippen LogP contribution in [0, 0.1) is 5.82 Å². The molecule has 0 aliphatic carbocycles. The van der Waals surface area contributed by atoms with Crippen LogP contribution in [0.5, 0.6) is 0 Å². The molecule has 1 aliphatic heterocycles. The van der Waals surface area contributed by atoms with Crippen LogP contribution < -0.4 is 0 Å². The first-order valence-corrected chi connectivity index (χ1v) is 10.0. The molecule has 3 rings (SSSR count). The molecular formula is C19H16ClFO4S. The highest BCUT2D eigenvalue weighted by atomic mass is 35.5. The van der Waals surface area contributed by atoms with Crippen LogP contribution in [0.4, 0.5) is 4.39 Å². The Morgan fingerprint density at radius 2 is 1.62 bits per heavy atom. The number of sulfone groups is 1. The number of carbonyl (C=O) groups excluding carboxylic acids is 1. The SMILES string of the molecule is CC1(C)OC(c2ccc(S(C)(=O)=O)c(Cl)c2)=C(c2ccc(F)cc2)C1=O. The second kappa shape index (κ2) is 6.21. The zero-order valence-corrected chi connectivity index (χ0v) is 15.9. The monoisotopic (exact) mass is 394 g/mol. The normalized spacial score (nSPS) is 16.7. The molecule has 0 saturated carbocycles. The molecule has 0 N–H and O–H groups in total. The van der Waals surface area contributed by atoms with Crippen molar-refractivity contribution in [1.29, 1.82) is 0 Å². The van der Waals surface area contributed by atoms with Gasteiger partial charge in [-0.3, -0.25) is 4.79 Å². The Balaban J connectivity index is 2.20. The summed E-state index contributed by atoms with van der Waals surface area (Å²) in [6.07, 6.45) is 1.07. The number of ketones is 1. The van der Waals surface area contributed by atoms with Crippen molar-refractivity contribution in [3.05, 3.63) is 64.4 Å². The summed E-state index contributed by atoms with van der Waals surface area (Å²) in [6.45, 7) is 3.27. The summed E-state index contributed by atoms with van der Waals surface area (Å²) in [5.41, 5.74) is 0.195. The van der Waals surface area contributed by atoms with Crippen LogP contribution in [0.1, 0.15) is 25.0 Å². The van der Waals surface area contributed by atoms with Crippen molar-refractivity contribution < 1.29 is 22.3 Å². The van der Waals surface area contributed by atoms with Gasteiger partial charge in [-0.05, 0) is 49.7 Å². The van der Waals surface area contributed by atoms with Crippen LogP contribution >= 0.6 is 11.6 Å². The summed E-state index contributed by atoms with van der Waals surface area (Å²) in [5, 5.41) is 0.0386. The van der Waals surface area contributed by atoms with Gasteiger partial charge in [-0.2, -0.15) is 0 Å². The summed E-state index contributed by atoms with van der Waals surface area (Å²) < 4.78 is 42.6. The number of halogens is 2. The van der Waals surface area contributed by atoms with Crippen molar-refractivity contribution in [2.45, 2.75) is 24.3 Å². The lowest BCUT2D eigenvalue weighted by Gasteiger charge is -2.18. The van der Waals surface area contributed by atoms with E-state index < -0.39 is 21.3 Å². The predicted octanol–water partition coefficient (Wildman–Crippen LogP) is 4.13. The van der Waals surface area contributed by atoms with Gasteiger partial charge in [0.05, 0.1) is 15.5 Å². The van der Waals surface area contributed by atoms with E-state index in [1.807, 2.05) is 0 Å². The highest BCUT2D eigenvalue weighted by Gasteiger charge is 2.42. The lowest BCUT2D eigenvalue weighted by atomic mass is 9.92. The van der Waals surface area contributed by atoms with Crippen molar-refractivity contribution in [3.8, 4) is 0 Å². The molecule has 2 aromatic rings. The maximum absolute atomic E-state index is 13.2. The van der Waals surface area contributed by atoms with Gasteiger partial charge in [-0.1, -0.05) is 23.7 Å². The Kier molecular flexibility index (Phi) is 4.45. The van der Waals surface area contributed by atoms with Crippen LogP contribution in [-0.2, 0) is 19.4 Å². The lowest BCUT2D eigenvalue weighted by Crippen LogP contribution is -2.29. The molecule has 0 atom stereocenters. The standard InChI is InChI=1S/C19H16ClFO4S/c1-19(2)18(22)16(11-4-7-13(21)8-5-11)17(25-19)12-6-9-15(14(20)10-12)26(3,23)24/h4-10H,1-3H3. The largest absolute Gasteiger partial charge is 0.478 e. The molecular weight excluding hydrogens is 379 g/mol. The van der Waals surface area contributed by atoms with Gasteiger partial charge in [0, 0.05) is 11.8 Å². The maximum atomic E-state index is 13.2. The molecule has 1 aliphatic rings. The summed E-state index contributed by atoms with van der Waals surface area (Å²) in [7, 11) is -3.48. The number of rotatable bonds is 3. The van der Waals surface area contributed by atoms with Crippen molar-refractivity contribution in [2.75, 3.05) is 6.26 Å². The van der Waals surface area contributed by atoms with E-state index in [1.165, 1.54) is 42.5 Å². The first-order chi connectivity index (χ1) is 12.0. The van der Waals surface area contributed by atoms with Gasteiger partial charge in [-0.15, -0.1) is 0 Å². The van der Waals surface area contributed by atoms with E-state index in [-0.39, 0.29) is 21.5 Å². The third-order valence-electron chi connectivity index (χ3n) is 4.08. The molecule has 0 radical (unpaired) electrons. The molecule has 4 nitrogen and oxygen atoms in total. The van der Waals surface area contributed by atoms with Crippen molar-refractivity contribution in [3.63, 3.8) is 0 Å². The molecule has 0 unspecified atom stereocenters. The minimum Gasteiger partial charge on any atom is -0.478 e. The molecule has 0 bridgehead atoms. The van der Waals surface area contributed by atoms with Crippen LogP contribution in [0.2, 0.25) is 5.02 Å². The minimum absolute atomic E-state index is 0.00423. The van der Waals surface area contributed by atoms with Crippen molar-refractivity contribution >= 4 is 38.6 Å². The Hall–Kier alpha value is -2.18. The van der Waals surface area contributed by atoms with E-state index in [0.717, 1.165) is 6.26 Å². The van der Waals surface area contributed by atoms with Crippen molar-refractivity contribution in [2.24, 2.45) is 0 Å². The van der Waals surface area contributed by atoms with E-state index in [9.17, 15) is 17.6 Å². The summed E-state index contributed by atoms with van der Waals surface area (Å²) in [6, 6.07) is 9.89. The molecule has 136 valence electrons. The van der Waals surface area contributed by atoms with E-state index in [1.54, 1.807) is 13.8 Å². The lowest BCUT2D eigenvalue weighted by molar-refractivity contribution is -0.125. The number of ether oxygens (including phenoxy) is 1. The number of carbonyl (C=O) groups is 1. The second-order valence-corrected chi connectivity index (χ2v) is 8.96. The van der Waals surface area contributed by atoms with Gasteiger partial charge in [0.2, 0.25) is 5.78 Å². The fraction of sp³-hybridized carbons (Fsp3) is 0.211. The van der Waals surface area contributed by atoms with Crippen molar-refractivity contribution in [1.82, 2.24) is 0 Å². The molecule has 26 heavy (non-hydrogen) atoms. The van der Waals surface area contributed by atoms with Gasteiger partial charge in [0.1, 0.15) is 11.6 Å². The van der Waals surface area contributed by atoms with E-state index >= 15 is 0 Å². The van der Waals surface area contributed by atoms with Gasteiger partial charge in [-0.25, -0.2) is 12.8 Å². The molecule has 1 heterocycles. The van der Waals surface area contributed by atoms with Gasteiger partial charge in [0.15, 0.2) is 15.4 Å². The van der Waals surface area contributed by atoms with E-state index in [0.29, 0.717) is 16.7 Å².